The SMILES string of the molecule is CN1CCN([C@@H](CNC(=O)NCc2ccc(Cl)cc2)c2ccsc2)CC1. The zero-order chi connectivity index (χ0) is 18.4. The monoisotopic (exact) mass is 392 g/mol. The average molecular weight is 393 g/mol. The number of carbonyl (C=O) groups excluding carboxylic acids is 1. The average Bonchev–Trinajstić information content (AvgIpc) is 3.17. The molecule has 1 saturated heterocycles. The second-order valence-electron chi connectivity index (χ2n) is 6.60. The number of hydrogen-bond acceptors (Lipinski definition) is 4. The predicted molar refractivity (Wildman–Crippen MR) is 108 cm³/mol. The van der Waals surface area contributed by atoms with E-state index in [4.69, 9.17) is 11.6 Å². The molecule has 1 aliphatic heterocycles. The fourth-order valence-corrected chi connectivity index (χ4v) is 3.93. The Morgan fingerprint density at radius 3 is 2.54 bits per heavy atom. The van der Waals surface area contributed by atoms with Crippen LogP contribution in [-0.2, 0) is 6.54 Å². The molecule has 1 aliphatic rings. The molecular weight excluding hydrogens is 368 g/mol. The normalized spacial score (nSPS) is 17.0. The summed E-state index contributed by atoms with van der Waals surface area (Å²) in [5.41, 5.74) is 2.30. The van der Waals surface area contributed by atoms with Gasteiger partial charge in [0.25, 0.3) is 0 Å². The van der Waals surface area contributed by atoms with Crippen LogP contribution in [0.2, 0.25) is 5.02 Å². The van der Waals surface area contributed by atoms with E-state index in [1.807, 2.05) is 24.3 Å². The zero-order valence-corrected chi connectivity index (χ0v) is 16.5. The van der Waals surface area contributed by atoms with Crippen LogP contribution in [-0.4, -0.2) is 55.6 Å². The van der Waals surface area contributed by atoms with Crippen LogP contribution in [0.4, 0.5) is 4.79 Å². The lowest BCUT2D eigenvalue weighted by molar-refractivity contribution is 0.111. The molecule has 2 amide bonds. The minimum atomic E-state index is -0.144. The molecule has 0 saturated carbocycles. The second-order valence-corrected chi connectivity index (χ2v) is 7.82. The number of likely N-dealkylation sites (N-methyl/N-ethyl adjacent to an activating group) is 1. The Bertz CT molecular complexity index is 684. The maximum atomic E-state index is 12.2. The first-order valence-electron chi connectivity index (χ1n) is 8.82. The molecule has 1 atom stereocenters. The lowest BCUT2D eigenvalue weighted by atomic mass is 10.1. The first kappa shape index (κ1) is 19.2. The molecule has 0 aliphatic carbocycles. The standard InChI is InChI=1S/C19H25ClN4OS/c1-23-7-9-24(10-8-23)18(16-6-11-26-14-16)13-22-19(25)21-12-15-2-4-17(20)5-3-15/h2-6,11,14,18H,7-10,12-13H2,1H3,(H2,21,22,25)/t18-/m0/s1. The summed E-state index contributed by atoms with van der Waals surface area (Å²) in [6.07, 6.45) is 0. The van der Waals surface area contributed by atoms with Crippen LogP contribution in [0.1, 0.15) is 17.2 Å². The molecule has 0 bridgehead atoms. The molecule has 5 nitrogen and oxygen atoms in total. The summed E-state index contributed by atoms with van der Waals surface area (Å²) < 4.78 is 0. The van der Waals surface area contributed by atoms with Gasteiger partial charge in [-0.1, -0.05) is 23.7 Å². The van der Waals surface area contributed by atoms with Crippen molar-refractivity contribution in [2.24, 2.45) is 0 Å². The van der Waals surface area contributed by atoms with E-state index in [0.29, 0.717) is 18.1 Å². The Hall–Kier alpha value is -1.60. The number of urea groups is 1. The third kappa shape index (κ3) is 5.45. The molecule has 0 radical (unpaired) electrons. The second kappa shape index (κ2) is 9.37. The van der Waals surface area contributed by atoms with Crippen LogP contribution in [0.25, 0.3) is 0 Å². The van der Waals surface area contributed by atoms with E-state index >= 15 is 0 Å². The highest BCUT2D eigenvalue weighted by molar-refractivity contribution is 7.07. The maximum absolute atomic E-state index is 12.2. The molecule has 1 aromatic carbocycles. The Morgan fingerprint density at radius 2 is 1.88 bits per heavy atom. The van der Waals surface area contributed by atoms with Gasteiger partial charge in [0.05, 0.1) is 6.04 Å². The van der Waals surface area contributed by atoms with Crippen LogP contribution in [0.3, 0.4) is 0 Å². The van der Waals surface area contributed by atoms with Crippen molar-refractivity contribution >= 4 is 29.0 Å². The molecule has 7 heteroatoms. The minimum absolute atomic E-state index is 0.144. The number of hydrogen-bond donors (Lipinski definition) is 2. The van der Waals surface area contributed by atoms with Crippen LogP contribution >= 0.6 is 22.9 Å². The zero-order valence-electron chi connectivity index (χ0n) is 15.0. The topological polar surface area (TPSA) is 47.6 Å². The first-order chi connectivity index (χ1) is 12.6. The summed E-state index contributed by atoms with van der Waals surface area (Å²) in [7, 11) is 2.15. The van der Waals surface area contributed by atoms with E-state index in [2.05, 4.69) is 44.3 Å². The van der Waals surface area contributed by atoms with E-state index in [1.54, 1.807) is 11.3 Å². The number of piperazine rings is 1. The van der Waals surface area contributed by atoms with Gasteiger partial charge in [-0.25, -0.2) is 4.79 Å². The summed E-state index contributed by atoms with van der Waals surface area (Å²) in [6.45, 7) is 5.25. The Labute approximate surface area is 163 Å². The highest BCUT2D eigenvalue weighted by Crippen LogP contribution is 2.23. The van der Waals surface area contributed by atoms with Gasteiger partial charge in [-0.3, -0.25) is 4.90 Å². The number of benzene rings is 1. The Morgan fingerprint density at radius 1 is 1.15 bits per heavy atom. The number of thiophene rings is 1. The van der Waals surface area contributed by atoms with Crippen LogP contribution in [0.15, 0.2) is 41.1 Å². The molecule has 2 aromatic rings. The summed E-state index contributed by atoms with van der Waals surface area (Å²) in [4.78, 5) is 17.0. The van der Waals surface area contributed by atoms with E-state index in [9.17, 15) is 4.79 Å². The molecule has 0 spiro atoms. The maximum Gasteiger partial charge on any atom is 0.315 e. The molecule has 2 heterocycles. The third-order valence-corrected chi connectivity index (χ3v) is 5.68. The number of nitrogens with zero attached hydrogens (tertiary/aromatic N) is 2. The molecule has 2 N–H and O–H groups in total. The van der Waals surface area contributed by atoms with Crippen LogP contribution in [0.5, 0.6) is 0 Å². The van der Waals surface area contributed by atoms with Crippen LogP contribution < -0.4 is 10.6 Å². The highest BCUT2D eigenvalue weighted by atomic mass is 35.5. The molecule has 3 rings (SSSR count). The molecule has 26 heavy (non-hydrogen) atoms. The van der Waals surface area contributed by atoms with E-state index in [1.165, 1.54) is 5.56 Å². The summed E-state index contributed by atoms with van der Waals surface area (Å²) in [5.74, 6) is 0. The van der Waals surface area contributed by atoms with Gasteiger partial charge in [0.15, 0.2) is 0 Å². The quantitative estimate of drug-likeness (QED) is 0.793. The first-order valence-corrected chi connectivity index (χ1v) is 10.1. The number of amides is 2. The number of rotatable bonds is 6. The molecule has 140 valence electrons. The lowest BCUT2D eigenvalue weighted by Gasteiger charge is -2.38. The van der Waals surface area contributed by atoms with Crippen molar-refractivity contribution in [1.82, 2.24) is 20.4 Å². The van der Waals surface area contributed by atoms with Gasteiger partial charge in [0.2, 0.25) is 0 Å². The molecular formula is C19H25ClN4OS. The Balaban J connectivity index is 1.52. The largest absolute Gasteiger partial charge is 0.336 e. The number of nitrogens with one attached hydrogen (secondary N) is 2. The van der Waals surface area contributed by atoms with Crippen molar-refractivity contribution in [1.29, 1.82) is 0 Å². The van der Waals surface area contributed by atoms with Crippen molar-refractivity contribution in [3.63, 3.8) is 0 Å². The third-order valence-electron chi connectivity index (χ3n) is 4.73. The van der Waals surface area contributed by atoms with Crippen LogP contribution in [0, 0.1) is 0 Å². The smallest absolute Gasteiger partial charge is 0.315 e. The Kier molecular flexibility index (Phi) is 6.91. The fourth-order valence-electron chi connectivity index (χ4n) is 3.09. The summed E-state index contributed by atoms with van der Waals surface area (Å²) in [5, 5.41) is 10.9. The van der Waals surface area contributed by atoms with Crippen molar-refractivity contribution in [3.05, 3.63) is 57.2 Å². The molecule has 1 aromatic heterocycles. The molecule has 0 unspecified atom stereocenters. The predicted octanol–water partition coefficient (Wildman–Crippen LogP) is 3.19. The summed E-state index contributed by atoms with van der Waals surface area (Å²) >= 11 is 7.58. The van der Waals surface area contributed by atoms with E-state index < -0.39 is 0 Å². The van der Waals surface area contributed by atoms with Gasteiger partial charge < -0.3 is 15.5 Å². The number of halogens is 1. The van der Waals surface area contributed by atoms with Crippen molar-refractivity contribution in [2.75, 3.05) is 39.8 Å². The van der Waals surface area contributed by atoms with Gasteiger partial charge in [0, 0.05) is 44.3 Å². The minimum Gasteiger partial charge on any atom is -0.336 e. The van der Waals surface area contributed by atoms with Crippen molar-refractivity contribution in [3.8, 4) is 0 Å². The number of carbonyl (C=O) groups is 1. The van der Waals surface area contributed by atoms with Gasteiger partial charge >= 0.3 is 6.03 Å². The van der Waals surface area contributed by atoms with Gasteiger partial charge in [-0.05, 0) is 47.1 Å². The summed E-state index contributed by atoms with van der Waals surface area (Å²) in [6, 6.07) is 9.72. The van der Waals surface area contributed by atoms with Gasteiger partial charge in [-0.15, -0.1) is 0 Å². The van der Waals surface area contributed by atoms with E-state index in [0.717, 1.165) is 31.7 Å². The molecule has 1 fully saturated rings. The van der Waals surface area contributed by atoms with Gasteiger partial charge in [0.1, 0.15) is 0 Å². The van der Waals surface area contributed by atoms with Crippen molar-refractivity contribution < 1.29 is 4.79 Å². The van der Waals surface area contributed by atoms with E-state index in [-0.39, 0.29) is 12.1 Å². The lowest BCUT2D eigenvalue weighted by Crippen LogP contribution is -2.49. The van der Waals surface area contributed by atoms with Gasteiger partial charge in [-0.2, -0.15) is 11.3 Å². The highest BCUT2D eigenvalue weighted by Gasteiger charge is 2.24. The van der Waals surface area contributed by atoms with Crippen molar-refractivity contribution in [2.45, 2.75) is 12.6 Å². The fraction of sp³-hybridized carbons (Fsp3) is 0.421.